The Bertz CT molecular complexity index is 449. The highest BCUT2D eigenvalue weighted by Crippen LogP contribution is 2.10. The van der Waals surface area contributed by atoms with E-state index in [-0.39, 0.29) is 0 Å². The van der Waals surface area contributed by atoms with Crippen LogP contribution in [0.1, 0.15) is 11.4 Å². The monoisotopic (exact) mass is 203 g/mol. The molecule has 2 N–H and O–H groups in total. The van der Waals surface area contributed by atoms with E-state index >= 15 is 0 Å². The number of hydrogen-bond donors (Lipinski definition) is 1. The zero-order valence-electron chi connectivity index (χ0n) is 8.59. The van der Waals surface area contributed by atoms with Gasteiger partial charge in [0, 0.05) is 0 Å². The van der Waals surface area contributed by atoms with Gasteiger partial charge in [0.15, 0.2) is 5.82 Å². The SMILES string of the molecule is Cc1nnnn1-c1cccc(CCN)c1. The molecule has 0 spiro atoms. The molecule has 0 saturated heterocycles. The Morgan fingerprint density at radius 3 is 2.93 bits per heavy atom. The molecule has 0 radical (unpaired) electrons. The zero-order chi connectivity index (χ0) is 10.7. The molecule has 0 bridgehead atoms. The Labute approximate surface area is 87.9 Å². The lowest BCUT2D eigenvalue weighted by Crippen LogP contribution is -2.04. The molecule has 5 heteroatoms. The first-order valence-electron chi connectivity index (χ1n) is 4.85. The number of benzene rings is 1. The van der Waals surface area contributed by atoms with Gasteiger partial charge in [-0.05, 0) is 48.0 Å². The standard InChI is InChI=1S/C10H13N5/c1-8-12-13-14-15(8)10-4-2-3-9(7-10)5-6-11/h2-4,7H,5-6,11H2,1H3. The molecule has 0 saturated carbocycles. The summed E-state index contributed by atoms with van der Waals surface area (Å²) in [5.74, 6) is 0.778. The third-order valence-corrected chi connectivity index (χ3v) is 2.21. The lowest BCUT2D eigenvalue weighted by atomic mass is 10.1. The van der Waals surface area contributed by atoms with Crippen LogP contribution in [0.5, 0.6) is 0 Å². The van der Waals surface area contributed by atoms with Crippen molar-refractivity contribution in [3.8, 4) is 5.69 Å². The molecular formula is C10H13N5. The van der Waals surface area contributed by atoms with Gasteiger partial charge < -0.3 is 5.73 Å². The molecule has 2 rings (SSSR count). The number of aryl methyl sites for hydroxylation is 1. The van der Waals surface area contributed by atoms with Crippen LogP contribution in [-0.4, -0.2) is 26.8 Å². The Morgan fingerprint density at radius 1 is 1.40 bits per heavy atom. The molecular weight excluding hydrogens is 190 g/mol. The second-order valence-corrected chi connectivity index (χ2v) is 3.35. The van der Waals surface area contributed by atoms with Gasteiger partial charge in [-0.1, -0.05) is 12.1 Å². The number of nitrogens with zero attached hydrogens (tertiary/aromatic N) is 4. The number of nitrogens with two attached hydrogens (primary N) is 1. The fraction of sp³-hybridized carbons (Fsp3) is 0.300. The van der Waals surface area contributed by atoms with Crippen molar-refractivity contribution >= 4 is 0 Å². The van der Waals surface area contributed by atoms with E-state index < -0.39 is 0 Å². The maximum absolute atomic E-state index is 5.51. The van der Waals surface area contributed by atoms with Gasteiger partial charge in [-0.3, -0.25) is 0 Å². The zero-order valence-corrected chi connectivity index (χ0v) is 8.59. The molecule has 0 aliphatic carbocycles. The molecule has 0 atom stereocenters. The quantitative estimate of drug-likeness (QED) is 0.787. The van der Waals surface area contributed by atoms with Gasteiger partial charge in [-0.15, -0.1) is 5.10 Å². The van der Waals surface area contributed by atoms with Gasteiger partial charge in [0.05, 0.1) is 5.69 Å². The molecule has 1 heterocycles. The average molecular weight is 203 g/mol. The maximum atomic E-state index is 5.51. The van der Waals surface area contributed by atoms with Crippen LogP contribution in [0, 0.1) is 6.92 Å². The highest BCUT2D eigenvalue weighted by atomic mass is 15.5. The molecule has 1 aromatic heterocycles. The van der Waals surface area contributed by atoms with Crippen molar-refractivity contribution in [3.63, 3.8) is 0 Å². The van der Waals surface area contributed by atoms with Gasteiger partial charge in [-0.2, -0.15) is 4.68 Å². The van der Waals surface area contributed by atoms with E-state index in [2.05, 4.69) is 27.7 Å². The van der Waals surface area contributed by atoms with Crippen molar-refractivity contribution in [1.29, 1.82) is 0 Å². The van der Waals surface area contributed by atoms with Crippen LogP contribution in [-0.2, 0) is 6.42 Å². The molecule has 0 amide bonds. The minimum Gasteiger partial charge on any atom is -0.330 e. The minimum atomic E-state index is 0.651. The second kappa shape index (κ2) is 4.18. The predicted molar refractivity (Wildman–Crippen MR) is 56.6 cm³/mol. The van der Waals surface area contributed by atoms with Crippen LogP contribution >= 0.6 is 0 Å². The summed E-state index contributed by atoms with van der Waals surface area (Å²) in [5, 5.41) is 11.4. The highest BCUT2D eigenvalue weighted by molar-refractivity contribution is 5.35. The summed E-state index contributed by atoms with van der Waals surface area (Å²) in [5.41, 5.74) is 7.69. The number of rotatable bonds is 3. The van der Waals surface area contributed by atoms with E-state index in [0.29, 0.717) is 6.54 Å². The van der Waals surface area contributed by atoms with Gasteiger partial charge in [0.25, 0.3) is 0 Å². The molecule has 0 fully saturated rings. The Morgan fingerprint density at radius 2 is 2.27 bits per heavy atom. The number of tetrazole rings is 1. The number of aromatic nitrogens is 4. The molecule has 5 nitrogen and oxygen atoms in total. The third-order valence-electron chi connectivity index (χ3n) is 2.21. The maximum Gasteiger partial charge on any atom is 0.153 e. The summed E-state index contributed by atoms with van der Waals surface area (Å²) in [6, 6.07) is 8.07. The molecule has 0 aliphatic heterocycles. The average Bonchev–Trinajstić information content (AvgIpc) is 2.65. The number of hydrogen-bond acceptors (Lipinski definition) is 4. The molecule has 1 aromatic carbocycles. The van der Waals surface area contributed by atoms with E-state index in [9.17, 15) is 0 Å². The van der Waals surface area contributed by atoms with E-state index in [1.165, 1.54) is 5.56 Å². The summed E-state index contributed by atoms with van der Waals surface area (Å²) in [4.78, 5) is 0. The van der Waals surface area contributed by atoms with E-state index in [1.54, 1.807) is 4.68 Å². The second-order valence-electron chi connectivity index (χ2n) is 3.35. The molecule has 15 heavy (non-hydrogen) atoms. The summed E-state index contributed by atoms with van der Waals surface area (Å²) < 4.78 is 1.71. The predicted octanol–water partition coefficient (Wildman–Crippen LogP) is 0.472. The van der Waals surface area contributed by atoms with Gasteiger partial charge in [-0.25, -0.2) is 0 Å². The van der Waals surface area contributed by atoms with Crippen molar-refractivity contribution < 1.29 is 0 Å². The van der Waals surface area contributed by atoms with Crippen LogP contribution < -0.4 is 5.73 Å². The first-order valence-corrected chi connectivity index (χ1v) is 4.85. The first kappa shape index (κ1) is 9.79. The molecule has 0 aliphatic rings. The smallest absolute Gasteiger partial charge is 0.153 e. The Kier molecular flexibility index (Phi) is 2.73. The van der Waals surface area contributed by atoms with Crippen molar-refractivity contribution in [2.24, 2.45) is 5.73 Å². The summed E-state index contributed by atoms with van der Waals surface area (Å²) >= 11 is 0. The first-order chi connectivity index (χ1) is 7.31. The molecule has 78 valence electrons. The lowest BCUT2D eigenvalue weighted by molar-refractivity contribution is 0.777. The van der Waals surface area contributed by atoms with Gasteiger partial charge >= 0.3 is 0 Å². The van der Waals surface area contributed by atoms with Crippen LogP contribution in [0.4, 0.5) is 0 Å². The third kappa shape index (κ3) is 2.02. The summed E-state index contributed by atoms with van der Waals surface area (Å²) in [7, 11) is 0. The highest BCUT2D eigenvalue weighted by Gasteiger charge is 2.03. The fourth-order valence-electron chi connectivity index (χ4n) is 1.48. The van der Waals surface area contributed by atoms with Crippen molar-refractivity contribution in [2.75, 3.05) is 6.54 Å². The van der Waals surface area contributed by atoms with E-state index in [4.69, 9.17) is 5.73 Å². The van der Waals surface area contributed by atoms with E-state index in [0.717, 1.165) is 17.9 Å². The summed E-state index contributed by atoms with van der Waals surface area (Å²) in [6.45, 7) is 2.52. The topological polar surface area (TPSA) is 69.6 Å². The summed E-state index contributed by atoms with van der Waals surface area (Å²) in [6.07, 6.45) is 0.870. The van der Waals surface area contributed by atoms with Crippen molar-refractivity contribution in [2.45, 2.75) is 13.3 Å². The normalized spacial score (nSPS) is 10.5. The van der Waals surface area contributed by atoms with Crippen LogP contribution in [0.3, 0.4) is 0 Å². The molecule has 2 aromatic rings. The van der Waals surface area contributed by atoms with Crippen LogP contribution in [0.2, 0.25) is 0 Å². The molecule has 0 unspecified atom stereocenters. The van der Waals surface area contributed by atoms with Gasteiger partial charge in [0.1, 0.15) is 0 Å². The largest absolute Gasteiger partial charge is 0.330 e. The Hall–Kier alpha value is -1.75. The van der Waals surface area contributed by atoms with Crippen molar-refractivity contribution in [3.05, 3.63) is 35.7 Å². The Balaban J connectivity index is 2.37. The van der Waals surface area contributed by atoms with Gasteiger partial charge in [0.2, 0.25) is 0 Å². The van der Waals surface area contributed by atoms with Crippen molar-refractivity contribution in [1.82, 2.24) is 20.2 Å². The van der Waals surface area contributed by atoms with Crippen LogP contribution in [0.15, 0.2) is 24.3 Å². The van der Waals surface area contributed by atoms with Crippen LogP contribution in [0.25, 0.3) is 5.69 Å². The fourth-order valence-corrected chi connectivity index (χ4v) is 1.48. The minimum absolute atomic E-state index is 0.651. The van der Waals surface area contributed by atoms with E-state index in [1.807, 2.05) is 19.1 Å². The lowest BCUT2D eigenvalue weighted by Gasteiger charge is -2.04.